The lowest BCUT2D eigenvalue weighted by Crippen LogP contribution is -2.45. The average molecular weight is 1110 g/mol. The summed E-state index contributed by atoms with van der Waals surface area (Å²) in [5.41, 5.74) is 0. The number of hydrogen-bond donors (Lipinski definition) is 3. The summed E-state index contributed by atoms with van der Waals surface area (Å²) < 4.78 is 5.50. The average Bonchev–Trinajstić information content (AvgIpc) is 3.45. The Hall–Kier alpha value is -1.92. The maximum absolute atomic E-state index is 12.5. The normalized spacial score (nSPS) is 12.7. The topological polar surface area (TPSA) is 95.9 Å². The lowest BCUT2D eigenvalue weighted by Gasteiger charge is -2.22. The first kappa shape index (κ1) is 77.1. The first-order valence-electron chi connectivity index (χ1n) is 35.7. The van der Waals surface area contributed by atoms with Gasteiger partial charge < -0.3 is 20.3 Å². The predicted octanol–water partition coefficient (Wildman–Crippen LogP) is 23.1. The van der Waals surface area contributed by atoms with E-state index in [4.69, 9.17) is 4.74 Å². The maximum atomic E-state index is 12.5. The molecule has 0 aromatic heterocycles. The van der Waals surface area contributed by atoms with Crippen molar-refractivity contribution in [2.45, 2.75) is 405 Å². The molecule has 466 valence electrons. The second-order valence-electron chi connectivity index (χ2n) is 24.6. The van der Waals surface area contributed by atoms with Crippen LogP contribution in [0.2, 0.25) is 0 Å². The van der Waals surface area contributed by atoms with Crippen LogP contribution in [0, 0.1) is 0 Å². The van der Waals surface area contributed by atoms with Gasteiger partial charge in [-0.15, -0.1) is 0 Å². The van der Waals surface area contributed by atoms with E-state index in [1.165, 1.54) is 308 Å². The van der Waals surface area contributed by atoms with Gasteiger partial charge in [-0.2, -0.15) is 0 Å². The second kappa shape index (κ2) is 68.6. The standard InChI is InChI=1S/C73H139NO5/c1-3-5-7-9-11-13-15-16-17-18-37-40-43-47-51-55-59-63-67-73(78)79-68-64-60-56-52-48-44-41-38-35-33-31-29-27-25-23-21-19-20-22-24-26-28-30-32-34-36-39-42-46-50-54-58-62-66-72(77)74-70(69-75)71(76)65-61-57-53-49-45-14-12-10-8-6-4-2/h17-18,23,25,29,31,70-71,75-76H,3-16,19-22,24,26-28,30,32-69H2,1-2H3,(H,74,77)/b18-17-,25-23-,31-29-. The predicted molar refractivity (Wildman–Crippen MR) is 347 cm³/mol. The van der Waals surface area contributed by atoms with E-state index in [9.17, 15) is 19.8 Å². The highest BCUT2D eigenvalue weighted by Gasteiger charge is 2.20. The van der Waals surface area contributed by atoms with Gasteiger partial charge in [-0.05, 0) is 83.5 Å². The molecule has 3 N–H and O–H groups in total. The van der Waals surface area contributed by atoms with Crippen molar-refractivity contribution in [3.8, 4) is 0 Å². The molecule has 0 spiro atoms. The largest absolute Gasteiger partial charge is 0.466 e. The second-order valence-corrected chi connectivity index (χ2v) is 24.6. The summed E-state index contributed by atoms with van der Waals surface area (Å²) in [7, 11) is 0. The van der Waals surface area contributed by atoms with Crippen LogP contribution in [0.1, 0.15) is 393 Å². The van der Waals surface area contributed by atoms with Crippen molar-refractivity contribution in [1.82, 2.24) is 5.32 Å². The van der Waals surface area contributed by atoms with Gasteiger partial charge in [-0.1, -0.05) is 333 Å². The van der Waals surface area contributed by atoms with Gasteiger partial charge in [0.2, 0.25) is 5.91 Å². The zero-order valence-electron chi connectivity index (χ0n) is 53.4. The van der Waals surface area contributed by atoms with Gasteiger partial charge in [0.1, 0.15) is 0 Å². The molecule has 0 aliphatic carbocycles. The van der Waals surface area contributed by atoms with E-state index in [0.717, 1.165) is 51.4 Å². The van der Waals surface area contributed by atoms with Crippen molar-refractivity contribution in [2.75, 3.05) is 13.2 Å². The maximum Gasteiger partial charge on any atom is 0.305 e. The lowest BCUT2D eigenvalue weighted by atomic mass is 10.0. The van der Waals surface area contributed by atoms with E-state index in [0.29, 0.717) is 25.9 Å². The highest BCUT2D eigenvalue weighted by atomic mass is 16.5. The molecule has 0 aliphatic heterocycles. The molecule has 0 bridgehead atoms. The van der Waals surface area contributed by atoms with Crippen LogP contribution in [0.25, 0.3) is 0 Å². The number of unbranched alkanes of at least 4 members (excludes halogenated alkanes) is 50. The third-order valence-corrected chi connectivity index (χ3v) is 16.7. The minimum Gasteiger partial charge on any atom is -0.466 e. The molecule has 2 atom stereocenters. The molecule has 0 saturated carbocycles. The molecule has 0 heterocycles. The molecule has 0 aliphatic rings. The van der Waals surface area contributed by atoms with Gasteiger partial charge in [0.15, 0.2) is 0 Å². The summed E-state index contributed by atoms with van der Waals surface area (Å²) in [4.78, 5) is 24.6. The first-order valence-corrected chi connectivity index (χ1v) is 35.7. The fraction of sp³-hybridized carbons (Fsp3) is 0.890. The van der Waals surface area contributed by atoms with E-state index in [1.807, 2.05) is 0 Å². The first-order chi connectivity index (χ1) is 39.0. The molecule has 6 heteroatoms. The summed E-state index contributed by atoms with van der Waals surface area (Å²) >= 11 is 0. The van der Waals surface area contributed by atoms with Gasteiger partial charge in [-0.25, -0.2) is 0 Å². The lowest BCUT2D eigenvalue weighted by molar-refractivity contribution is -0.143. The number of carbonyl (C=O) groups excluding carboxylic acids is 2. The minimum atomic E-state index is -0.661. The Kier molecular flexibility index (Phi) is 66.9. The fourth-order valence-corrected chi connectivity index (χ4v) is 11.2. The van der Waals surface area contributed by atoms with Crippen molar-refractivity contribution in [1.29, 1.82) is 0 Å². The minimum absolute atomic E-state index is 0.0117. The number of ether oxygens (including phenoxy) is 1. The number of aliphatic hydroxyl groups excluding tert-OH is 2. The van der Waals surface area contributed by atoms with E-state index < -0.39 is 12.1 Å². The van der Waals surface area contributed by atoms with Gasteiger partial charge >= 0.3 is 5.97 Å². The van der Waals surface area contributed by atoms with E-state index >= 15 is 0 Å². The highest BCUT2D eigenvalue weighted by Crippen LogP contribution is 2.18. The number of nitrogens with one attached hydrogen (secondary N) is 1. The Morgan fingerprint density at radius 2 is 0.633 bits per heavy atom. The van der Waals surface area contributed by atoms with Gasteiger partial charge in [0.05, 0.1) is 25.4 Å². The molecule has 0 rings (SSSR count). The molecular formula is C73H139NO5. The van der Waals surface area contributed by atoms with Crippen LogP contribution in [-0.4, -0.2) is 47.4 Å². The van der Waals surface area contributed by atoms with E-state index in [-0.39, 0.29) is 18.5 Å². The molecule has 1 amide bonds. The Morgan fingerprint density at radius 3 is 0.975 bits per heavy atom. The Morgan fingerprint density at radius 1 is 0.354 bits per heavy atom. The van der Waals surface area contributed by atoms with Crippen LogP contribution < -0.4 is 5.32 Å². The summed E-state index contributed by atoms with van der Waals surface area (Å²) in [5.74, 6) is -0.0209. The number of amides is 1. The van der Waals surface area contributed by atoms with Crippen LogP contribution in [0.3, 0.4) is 0 Å². The summed E-state index contributed by atoms with van der Waals surface area (Å²) in [6.45, 7) is 4.96. The molecule has 0 radical (unpaired) electrons. The third kappa shape index (κ3) is 65.1. The Bertz CT molecular complexity index is 1280. The monoisotopic (exact) mass is 1110 g/mol. The smallest absolute Gasteiger partial charge is 0.305 e. The van der Waals surface area contributed by atoms with Crippen LogP contribution in [0.15, 0.2) is 36.5 Å². The summed E-state index contributed by atoms with van der Waals surface area (Å²) in [6, 6.07) is -0.539. The van der Waals surface area contributed by atoms with Gasteiger partial charge in [0, 0.05) is 12.8 Å². The molecule has 0 saturated heterocycles. The highest BCUT2D eigenvalue weighted by molar-refractivity contribution is 5.76. The van der Waals surface area contributed by atoms with Crippen molar-refractivity contribution in [3.63, 3.8) is 0 Å². The Balaban J connectivity index is 3.35. The van der Waals surface area contributed by atoms with Crippen molar-refractivity contribution < 1.29 is 24.5 Å². The van der Waals surface area contributed by atoms with Crippen LogP contribution in [0.5, 0.6) is 0 Å². The number of rotatable bonds is 67. The third-order valence-electron chi connectivity index (χ3n) is 16.7. The van der Waals surface area contributed by atoms with Gasteiger partial charge in [0.25, 0.3) is 0 Å². The summed E-state index contributed by atoms with van der Waals surface area (Å²) in [6.07, 6.45) is 87.8. The van der Waals surface area contributed by atoms with E-state index in [1.54, 1.807) is 0 Å². The molecular weight excluding hydrogens is 971 g/mol. The molecule has 6 nitrogen and oxygen atoms in total. The SMILES string of the molecule is CCCCCCCCC/C=C\CCCCCCCCCC(=O)OCCCCCCCCCCC/C=C\C/C=C\CCCCCCCCCCCCCCCCCCCC(=O)NC(CO)C(O)CCCCCCCCCCCCC. The number of hydrogen-bond acceptors (Lipinski definition) is 5. The van der Waals surface area contributed by atoms with Crippen LogP contribution in [-0.2, 0) is 14.3 Å². The van der Waals surface area contributed by atoms with Crippen LogP contribution >= 0.6 is 0 Å². The molecule has 0 fully saturated rings. The van der Waals surface area contributed by atoms with E-state index in [2.05, 4.69) is 55.6 Å². The summed E-state index contributed by atoms with van der Waals surface area (Å²) in [5, 5.41) is 23.2. The van der Waals surface area contributed by atoms with Crippen LogP contribution in [0.4, 0.5) is 0 Å². The molecule has 0 aromatic rings. The van der Waals surface area contributed by atoms with Crippen molar-refractivity contribution in [3.05, 3.63) is 36.5 Å². The van der Waals surface area contributed by atoms with Crippen molar-refractivity contribution in [2.24, 2.45) is 0 Å². The Labute approximate surface area is 494 Å². The number of allylic oxidation sites excluding steroid dienone is 6. The van der Waals surface area contributed by atoms with Crippen molar-refractivity contribution >= 4 is 11.9 Å². The fourth-order valence-electron chi connectivity index (χ4n) is 11.2. The quantitative estimate of drug-likeness (QED) is 0.0320. The molecule has 2 unspecified atom stereocenters. The number of esters is 1. The number of aliphatic hydroxyl groups is 2. The zero-order valence-corrected chi connectivity index (χ0v) is 53.4. The molecule has 0 aromatic carbocycles. The van der Waals surface area contributed by atoms with Gasteiger partial charge in [-0.3, -0.25) is 9.59 Å². The zero-order chi connectivity index (χ0) is 57.1. The number of carbonyl (C=O) groups is 2. The molecule has 79 heavy (non-hydrogen) atoms.